The molecular formula is C28H25ClFN5O2. The summed E-state index contributed by atoms with van der Waals surface area (Å²) in [5, 5.41) is 21.4. The van der Waals surface area contributed by atoms with Crippen molar-refractivity contribution in [2.45, 2.75) is 32.4 Å². The van der Waals surface area contributed by atoms with Gasteiger partial charge in [-0.2, -0.15) is 10.4 Å². The summed E-state index contributed by atoms with van der Waals surface area (Å²) >= 11 is 7.03. The number of rotatable bonds is 6. The van der Waals surface area contributed by atoms with E-state index in [2.05, 4.69) is 33.4 Å². The Morgan fingerprint density at radius 2 is 2.11 bits per heavy atom. The summed E-state index contributed by atoms with van der Waals surface area (Å²) in [6.45, 7) is 3.30. The highest BCUT2D eigenvalue weighted by atomic mass is 35.5. The highest BCUT2D eigenvalue weighted by molar-refractivity contribution is 6.38. The second kappa shape index (κ2) is 10.1. The molecule has 1 saturated heterocycles. The average molecular weight is 518 g/mol. The highest BCUT2D eigenvalue weighted by Gasteiger charge is 2.29. The molecule has 2 N–H and O–H groups in total. The van der Waals surface area contributed by atoms with E-state index in [4.69, 9.17) is 16.3 Å². The number of nitrogens with one attached hydrogen (secondary N) is 2. The molecule has 0 bridgehead atoms. The molecule has 5 rings (SSSR count). The molecule has 4 aromatic rings. The molecule has 0 saturated carbocycles. The number of halogens is 2. The fourth-order valence-electron chi connectivity index (χ4n) is 4.98. The molecule has 2 heterocycles. The number of nitrogens with zero attached hydrogens (tertiary/aromatic N) is 3. The van der Waals surface area contributed by atoms with Crippen LogP contribution in [0.4, 0.5) is 10.1 Å². The van der Waals surface area contributed by atoms with E-state index in [1.807, 2.05) is 24.3 Å². The van der Waals surface area contributed by atoms with Crippen molar-refractivity contribution >= 4 is 34.1 Å². The van der Waals surface area contributed by atoms with Crippen LogP contribution < -0.4 is 15.0 Å². The summed E-state index contributed by atoms with van der Waals surface area (Å²) in [4.78, 5) is 14.9. The number of benzene rings is 3. The Kier molecular flexibility index (Phi) is 6.72. The first kappa shape index (κ1) is 24.6. The summed E-state index contributed by atoms with van der Waals surface area (Å²) in [6, 6.07) is 13.9. The minimum Gasteiger partial charge on any atom is -0.496 e. The Balaban J connectivity index is 1.45. The first-order valence-electron chi connectivity index (χ1n) is 12.0. The van der Waals surface area contributed by atoms with Crippen molar-refractivity contribution < 1.29 is 13.9 Å². The molecule has 0 spiro atoms. The zero-order valence-corrected chi connectivity index (χ0v) is 21.2. The molecule has 3 aromatic carbocycles. The van der Waals surface area contributed by atoms with Gasteiger partial charge in [0.1, 0.15) is 17.6 Å². The van der Waals surface area contributed by atoms with Crippen LogP contribution in [0.3, 0.4) is 0 Å². The number of carbonyl (C=O) groups excluding carboxylic acids is 1. The third-order valence-electron chi connectivity index (χ3n) is 6.88. The maximum atomic E-state index is 13.7. The van der Waals surface area contributed by atoms with E-state index in [1.54, 1.807) is 6.20 Å². The lowest BCUT2D eigenvalue weighted by atomic mass is 9.95. The molecule has 0 radical (unpaired) electrons. The van der Waals surface area contributed by atoms with Crippen LogP contribution in [0, 0.1) is 17.1 Å². The van der Waals surface area contributed by atoms with Gasteiger partial charge in [-0.1, -0.05) is 35.9 Å². The van der Waals surface area contributed by atoms with Crippen molar-refractivity contribution in [1.82, 2.24) is 15.5 Å². The van der Waals surface area contributed by atoms with Gasteiger partial charge in [0.25, 0.3) is 5.91 Å². The number of H-pyrrole nitrogens is 1. The van der Waals surface area contributed by atoms with Crippen LogP contribution in [-0.4, -0.2) is 35.8 Å². The Bertz CT molecular complexity index is 1530. The third-order valence-corrected chi connectivity index (χ3v) is 7.24. The zero-order chi connectivity index (χ0) is 26.1. The van der Waals surface area contributed by atoms with E-state index in [1.165, 1.54) is 19.2 Å². The molecule has 188 valence electrons. The van der Waals surface area contributed by atoms with Crippen LogP contribution >= 0.6 is 11.6 Å². The lowest BCUT2D eigenvalue weighted by molar-refractivity contribution is 0.0947. The lowest BCUT2D eigenvalue weighted by Crippen LogP contribution is -2.27. The number of amides is 1. The maximum absolute atomic E-state index is 13.7. The van der Waals surface area contributed by atoms with Gasteiger partial charge in [-0.3, -0.25) is 9.89 Å². The topological polar surface area (TPSA) is 94.0 Å². The molecular weight excluding hydrogens is 493 g/mol. The fraction of sp³-hybridized carbons (Fsp3) is 0.250. The van der Waals surface area contributed by atoms with Crippen molar-refractivity contribution in [2.24, 2.45) is 0 Å². The molecule has 7 nitrogen and oxygen atoms in total. The Morgan fingerprint density at radius 1 is 1.32 bits per heavy atom. The quantitative estimate of drug-likeness (QED) is 0.336. The van der Waals surface area contributed by atoms with Gasteiger partial charge in [0, 0.05) is 30.1 Å². The minimum absolute atomic E-state index is 0.126. The number of carbonyl (C=O) groups is 1. The van der Waals surface area contributed by atoms with Gasteiger partial charge >= 0.3 is 0 Å². The van der Waals surface area contributed by atoms with Gasteiger partial charge < -0.3 is 15.0 Å². The first-order chi connectivity index (χ1) is 17.9. The molecule has 1 atom stereocenters. The summed E-state index contributed by atoms with van der Waals surface area (Å²) in [6.07, 6.45) is 3.88. The van der Waals surface area contributed by atoms with Crippen LogP contribution in [0.25, 0.3) is 22.0 Å². The van der Waals surface area contributed by atoms with E-state index >= 15 is 0 Å². The fourth-order valence-corrected chi connectivity index (χ4v) is 5.40. The summed E-state index contributed by atoms with van der Waals surface area (Å²) in [7, 11) is 1.43. The van der Waals surface area contributed by atoms with Crippen molar-refractivity contribution in [3.8, 4) is 22.9 Å². The second-order valence-electron chi connectivity index (χ2n) is 9.09. The number of ether oxygens (including phenoxy) is 1. The monoisotopic (exact) mass is 517 g/mol. The van der Waals surface area contributed by atoms with Crippen molar-refractivity contribution in [3.05, 3.63) is 76.2 Å². The molecule has 1 unspecified atom stereocenters. The van der Waals surface area contributed by atoms with Crippen molar-refractivity contribution in [2.75, 3.05) is 18.6 Å². The van der Waals surface area contributed by atoms with Crippen LogP contribution in [0.15, 0.2) is 48.7 Å². The molecule has 1 aromatic heterocycles. The SMILES string of the molecule is COc1ccc(F)cc1C(=O)NCc1ccc(-c2c(Cl)c(N3CCCC3C)c3cn[nH]c3c2C#N)cc1. The van der Waals surface area contributed by atoms with Crippen molar-refractivity contribution in [1.29, 1.82) is 5.26 Å². The van der Waals surface area contributed by atoms with Crippen LogP contribution in [-0.2, 0) is 6.54 Å². The number of aromatic amines is 1. The number of hydrogen-bond donors (Lipinski definition) is 2. The molecule has 37 heavy (non-hydrogen) atoms. The average Bonchev–Trinajstić information content (AvgIpc) is 3.56. The molecule has 1 aliphatic rings. The Labute approximate surface area is 218 Å². The number of methoxy groups -OCH3 is 1. The van der Waals surface area contributed by atoms with Crippen molar-refractivity contribution in [3.63, 3.8) is 0 Å². The minimum atomic E-state index is -0.516. The van der Waals surface area contributed by atoms with E-state index in [0.717, 1.165) is 47.7 Å². The first-order valence-corrected chi connectivity index (χ1v) is 12.4. The van der Waals surface area contributed by atoms with E-state index in [0.29, 0.717) is 33.5 Å². The van der Waals surface area contributed by atoms with Gasteiger partial charge in [-0.05, 0) is 49.1 Å². The number of anilines is 1. The smallest absolute Gasteiger partial charge is 0.255 e. The third kappa shape index (κ3) is 4.47. The Morgan fingerprint density at radius 3 is 2.78 bits per heavy atom. The largest absolute Gasteiger partial charge is 0.496 e. The van der Waals surface area contributed by atoms with Crippen LogP contribution in [0.1, 0.15) is 41.3 Å². The Hall–Kier alpha value is -4.09. The van der Waals surface area contributed by atoms with E-state index < -0.39 is 11.7 Å². The molecule has 9 heteroatoms. The van der Waals surface area contributed by atoms with Gasteiger partial charge in [-0.15, -0.1) is 0 Å². The number of fused-ring (bicyclic) bond motifs is 1. The van der Waals surface area contributed by atoms with Crippen LogP contribution in [0.2, 0.25) is 5.02 Å². The summed E-state index contributed by atoms with van der Waals surface area (Å²) in [5.41, 5.74) is 4.39. The zero-order valence-electron chi connectivity index (χ0n) is 20.4. The maximum Gasteiger partial charge on any atom is 0.255 e. The number of hydrogen-bond acceptors (Lipinski definition) is 5. The van der Waals surface area contributed by atoms with Gasteiger partial charge in [-0.25, -0.2) is 4.39 Å². The standard InChI is InChI=1S/C28H25ClFN5O2/c1-16-4-3-11-35(16)27-22-15-33-34-26(22)21(13-31)24(25(27)29)18-7-5-17(6-8-18)14-32-28(36)20-12-19(30)9-10-23(20)37-2/h5-10,12,15-16H,3-4,11,14H2,1-2H3,(H,32,36)(H,33,34). The molecule has 1 fully saturated rings. The highest BCUT2D eigenvalue weighted by Crippen LogP contribution is 2.46. The van der Waals surface area contributed by atoms with E-state index in [-0.39, 0.29) is 12.1 Å². The van der Waals surface area contributed by atoms with Gasteiger partial charge in [0.05, 0.1) is 40.7 Å². The molecule has 1 aliphatic heterocycles. The predicted molar refractivity (Wildman–Crippen MR) is 141 cm³/mol. The van der Waals surface area contributed by atoms with Gasteiger partial charge in [0.2, 0.25) is 0 Å². The number of nitriles is 1. The predicted octanol–water partition coefficient (Wildman–Crippen LogP) is 5.82. The van der Waals surface area contributed by atoms with Crippen LogP contribution in [0.5, 0.6) is 5.75 Å². The van der Waals surface area contributed by atoms with E-state index in [9.17, 15) is 14.4 Å². The summed E-state index contributed by atoms with van der Waals surface area (Å²) < 4.78 is 18.8. The second-order valence-corrected chi connectivity index (χ2v) is 9.47. The normalized spacial score (nSPS) is 15.1. The van der Waals surface area contributed by atoms with Gasteiger partial charge in [0.15, 0.2) is 0 Å². The molecule has 0 aliphatic carbocycles. The molecule has 1 amide bonds. The summed E-state index contributed by atoms with van der Waals surface area (Å²) in [5.74, 6) is -0.660. The lowest BCUT2D eigenvalue weighted by Gasteiger charge is -2.27. The number of aromatic nitrogens is 2.